The molecule has 0 aliphatic rings. The third kappa shape index (κ3) is 4.15. The number of hydrogen-bond acceptors (Lipinski definition) is 2. The number of rotatable bonds is 5. The molecule has 0 aliphatic heterocycles. The molecule has 0 spiro atoms. The lowest BCUT2D eigenvalue weighted by Crippen LogP contribution is -2.02. The summed E-state index contributed by atoms with van der Waals surface area (Å²) >= 11 is 14.1. The fourth-order valence-electron chi connectivity index (χ4n) is 1.75. The maximum absolute atomic E-state index is 6.28. The number of hydrogen-bond donors (Lipinski definition) is 1. The predicted molar refractivity (Wildman–Crippen MR) is 85.2 cm³/mol. The van der Waals surface area contributed by atoms with E-state index in [1.165, 1.54) is 5.56 Å². The van der Waals surface area contributed by atoms with Crippen LogP contribution in [-0.4, -0.2) is 6.54 Å². The van der Waals surface area contributed by atoms with Crippen molar-refractivity contribution >= 4 is 35.0 Å². The second-order valence-electron chi connectivity index (χ2n) is 4.18. The number of halogens is 2. The zero-order valence-electron chi connectivity index (χ0n) is 10.4. The molecule has 1 nitrogen and oxygen atoms in total. The van der Waals surface area contributed by atoms with Crippen LogP contribution in [0.25, 0.3) is 0 Å². The van der Waals surface area contributed by atoms with Crippen LogP contribution in [0, 0.1) is 0 Å². The molecule has 0 amide bonds. The van der Waals surface area contributed by atoms with Crippen molar-refractivity contribution in [2.24, 2.45) is 5.73 Å². The van der Waals surface area contributed by atoms with Crippen LogP contribution in [-0.2, 0) is 12.2 Å². The molecule has 0 bridgehead atoms. The van der Waals surface area contributed by atoms with Gasteiger partial charge >= 0.3 is 0 Å². The van der Waals surface area contributed by atoms with E-state index >= 15 is 0 Å². The molecular weight excluding hydrogens is 297 g/mol. The van der Waals surface area contributed by atoms with Gasteiger partial charge in [0.2, 0.25) is 0 Å². The number of nitrogens with two attached hydrogens (primary N) is 1. The van der Waals surface area contributed by atoms with Crippen molar-refractivity contribution in [2.45, 2.75) is 17.1 Å². The molecule has 0 heterocycles. The van der Waals surface area contributed by atoms with E-state index in [4.69, 9.17) is 28.9 Å². The number of benzene rings is 2. The molecule has 0 radical (unpaired) electrons. The molecule has 2 aromatic rings. The molecule has 0 saturated heterocycles. The van der Waals surface area contributed by atoms with Gasteiger partial charge < -0.3 is 5.73 Å². The summed E-state index contributed by atoms with van der Waals surface area (Å²) in [7, 11) is 0. The third-order valence-corrected chi connectivity index (χ3v) is 4.69. The summed E-state index contributed by atoms with van der Waals surface area (Å²) in [5, 5.41) is 1.58. The zero-order chi connectivity index (χ0) is 13.7. The molecule has 0 aliphatic carbocycles. The highest BCUT2D eigenvalue weighted by Gasteiger charge is 2.05. The van der Waals surface area contributed by atoms with Crippen LogP contribution in [0.5, 0.6) is 0 Å². The van der Waals surface area contributed by atoms with Gasteiger partial charge in [0.05, 0.1) is 5.02 Å². The Morgan fingerprint density at radius 1 is 1.00 bits per heavy atom. The standard InChI is InChI=1S/C15H15Cl2NS/c16-13-4-2-1-3-12(13)10-19-15-6-5-11(7-8-18)9-14(15)17/h1-6,9H,7-8,10,18H2. The van der Waals surface area contributed by atoms with Crippen molar-refractivity contribution in [2.75, 3.05) is 6.54 Å². The minimum absolute atomic E-state index is 0.641. The Hall–Kier alpha value is -0.670. The Kier molecular flexibility index (Phi) is 5.59. The van der Waals surface area contributed by atoms with Gasteiger partial charge in [-0.05, 0) is 42.3 Å². The van der Waals surface area contributed by atoms with Gasteiger partial charge in [0.25, 0.3) is 0 Å². The predicted octanol–water partition coefficient (Wildman–Crippen LogP) is 4.79. The first-order valence-electron chi connectivity index (χ1n) is 6.05. The van der Waals surface area contributed by atoms with Crippen molar-refractivity contribution < 1.29 is 0 Å². The summed E-state index contributed by atoms with van der Waals surface area (Å²) in [6.45, 7) is 0.641. The van der Waals surface area contributed by atoms with Crippen LogP contribution in [0.4, 0.5) is 0 Å². The fourth-order valence-corrected chi connectivity index (χ4v) is 3.33. The molecule has 19 heavy (non-hydrogen) atoms. The summed E-state index contributed by atoms with van der Waals surface area (Å²) in [5.41, 5.74) is 7.83. The van der Waals surface area contributed by atoms with E-state index in [2.05, 4.69) is 12.1 Å². The van der Waals surface area contributed by atoms with E-state index in [0.29, 0.717) is 6.54 Å². The van der Waals surface area contributed by atoms with Gasteiger partial charge in [-0.2, -0.15) is 0 Å². The Bertz CT molecular complexity index is 558. The summed E-state index contributed by atoms with van der Waals surface area (Å²) < 4.78 is 0. The van der Waals surface area contributed by atoms with Gasteiger partial charge in [-0.3, -0.25) is 0 Å². The van der Waals surface area contributed by atoms with Crippen molar-refractivity contribution in [3.05, 3.63) is 63.6 Å². The first kappa shape index (κ1) is 14.7. The van der Waals surface area contributed by atoms with Crippen LogP contribution in [0.1, 0.15) is 11.1 Å². The molecule has 0 saturated carbocycles. The number of thioether (sulfide) groups is 1. The van der Waals surface area contributed by atoms with Crippen LogP contribution < -0.4 is 5.73 Å². The molecule has 0 atom stereocenters. The summed E-state index contributed by atoms with van der Waals surface area (Å²) in [4.78, 5) is 1.07. The minimum Gasteiger partial charge on any atom is -0.330 e. The van der Waals surface area contributed by atoms with Gasteiger partial charge in [-0.1, -0.05) is 47.5 Å². The van der Waals surface area contributed by atoms with Crippen LogP contribution in [0.15, 0.2) is 47.4 Å². The van der Waals surface area contributed by atoms with E-state index in [1.807, 2.05) is 30.3 Å². The molecule has 2 N–H and O–H groups in total. The maximum Gasteiger partial charge on any atom is 0.0544 e. The molecular formula is C15H15Cl2NS. The van der Waals surface area contributed by atoms with Crippen LogP contribution in [0.2, 0.25) is 10.0 Å². The lowest BCUT2D eigenvalue weighted by Gasteiger charge is -2.07. The highest BCUT2D eigenvalue weighted by molar-refractivity contribution is 7.98. The first-order valence-corrected chi connectivity index (χ1v) is 7.79. The fraction of sp³-hybridized carbons (Fsp3) is 0.200. The van der Waals surface area contributed by atoms with Crippen molar-refractivity contribution in [1.29, 1.82) is 0 Å². The summed E-state index contributed by atoms with van der Waals surface area (Å²) in [6, 6.07) is 14.0. The molecule has 0 fully saturated rings. The van der Waals surface area contributed by atoms with E-state index < -0.39 is 0 Å². The van der Waals surface area contributed by atoms with Gasteiger partial charge in [-0.15, -0.1) is 11.8 Å². The van der Waals surface area contributed by atoms with Gasteiger partial charge in [0, 0.05) is 15.7 Å². The third-order valence-electron chi connectivity index (χ3n) is 2.77. The zero-order valence-corrected chi connectivity index (χ0v) is 12.7. The molecule has 2 rings (SSSR count). The van der Waals surface area contributed by atoms with E-state index in [0.717, 1.165) is 32.7 Å². The Morgan fingerprint density at radius 3 is 2.47 bits per heavy atom. The first-order chi connectivity index (χ1) is 9.20. The lowest BCUT2D eigenvalue weighted by atomic mass is 10.1. The van der Waals surface area contributed by atoms with Crippen LogP contribution >= 0.6 is 35.0 Å². The lowest BCUT2D eigenvalue weighted by molar-refractivity contribution is 0.966. The topological polar surface area (TPSA) is 26.0 Å². The van der Waals surface area contributed by atoms with E-state index in [9.17, 15) is 0 Å². The monoisotopic (exact) mass is 311 g/mol. The normalized spacial score (nSPS) is 10.7. The van der Waals surface area contributed by atoms with Crippen LogP contribution in [0.3, 0.4) is 0 Å². The van der Waals surface area contributed by atoms with Crippen molar-refractivity contribution in [3.63, 3.8) is 0 Å². The molecule has 2 aromatic carbocycles. The Morgan fingerprint density at radius 2 is 1.79 bits per heavy atom. The van der Waals surface area contributed by atoms with Crippen molar-refractivity contribution in [1.82, 2.24) is 0 Å². The summed E-state index contributed by atoms with van der Waals surface area (Å²) in [5.74, 6) is 0.815. The van der Waals surface area contributed by atoms with E-state index in [1.54, 1.807) is 11.8 Å². The maximum atomic E-state index is 6.28. The average molecular weight is 312 g/mol. The minimum atomic E-state index is 0.641. The van der Waals surface area contributed by atoms with E-state index in [-0.39, 0.29) is 0 Å². The highest BCUT2D eigenvalue weighted by Crippen LogP contribution is 2.32. The SMILES string of the molecule is NCCc1ccc(SCc2ccccc2Cl)c(Cl)c1. The largest absolute Gasteiger partial charge is 0.330 e. The Balaban J connectivity index is 2.06. The van der Waals surface area contributed by atoms with Gasteiger partial charge in [0.15, 0.2) is 0 Å². The smallest absolute Gasteiger partial charge is 0.0544 e. The molecule has 4 heteroatoms. The second kappa shape index (κ2) is 7.20. The Labute approximate surface area is 128 Å². The quantitative estimate of drug-likeness (QED) is 0.804. The van der Waals surface area contributed by atoms with Gasteiger partial charge in [-0.25, -0.2) is 0 Å². The second-order valence-corrected chi connectivity index (χ2v) is 6.02. The molecule has 0 unspecified atom stereocenters. The van der Waals surface area contributed by atoms with Crippen molar-refractivity contribution in [3.8, 4) is 0 Å². The average Bonchev–Trinajstić information content (AvgIpc) is 2.40. The molecule has 100 valence electrons. The highest BCUT2D eigenvalue weighted by atomic mass is 35.5. The molecule has 0 aromatic heterocycles. The van der Waals surface area contributed by atoms with Gasteiger partial charge in [0.1, 0.15) is 0 Å². The summed E-state index contributed by atoms with van der Waals surface area (Å²) in [6.07, 6.45) is 0.856.